The second-order valence-corrected chi connectivity index (χ2v) is 2.36. The molecule has 0 aromatic heterocycles. The Bertz CT molecular complexity index is 285. The molecule has 1 rings (SSSR count). The number of hydrogen-bond acceptors (Lipinski definition) is 3. The Morgan fingerprint density at radius 3 is 1.69 bits per heavy atom. The molecule has 16 heavy (non-hydrogen) atoms. The zero-order valence-corrected chi connectivity index (χ0v) is 10.5. The minimum absolute atomic E-state index is 0.000000000000000222. The lowest BCUT2D eigenvalue weighted by molar-refractivity contribution is -0.384. The lowest BCUT2D eigenvalue weighted by Gasteiger charge is -1.93. The van der Waals surface area contributed by atoms with Gasteiger partial charge in [0.05, 0.1) is 4.92 Å². The van der Waals surface area contributed by atoms with Gasteiger partial charge in [-0.25, -0.2) is 0 Å². The van der Waals surface area contributed by atoms with Gasteiger partial charge in [-0.2, -0.15) is 0 Å². The number of nitro groups is 1. The fourth-order valence-corrected chi connectivity index (χ4v) is 0.818. The normalized spacial score (nSPS) is 7.81. The van der Waals surface area contributed by atoms with Crippen molar-refractivity contribution in [3.8, 4) is 0 Å². The van der Waals surface area contributed by atoms with Gasteiger partial charge in [0, 0.05) is 17.7 Å². The number of Topliss-reactive ketones (excluding diaryl/α,β-unsaturated/α-hetero) is 1. The van der Waals surface area contributed by atoms with Crippen molar-refractivity contribution in [2.45, 2.75) is 34.6 Å². The summed E-state index contributed by atoms with van der Waals surface area (Å²) >= 11 is 0. The van der Waals surface area contributed by atoms with E-state index in [-0.39, 0.29) is 11.5 Å². The molecule has 0 saturated heterocycles. The molecule has 0 radical (unpaired) electrons. The molecule has 0 saturated carbocycles. The second kappa shape index (κ2) is 9.83. The Morgan fingerprint density at radius 1 is 1.06 bits per heavy atom. The first-order chi connectivity index (χ1) is 7.61. The third kappa shape index (κ3) is 5.90. The van der Waals surface area contributed by atoms with E-state index < -0.39 is 4.92 Å². The fraction of sp³-hybridized carbons (Fsp3) is 0.417. The van der Waals surface area contributed by atoms with E-state index in [0.29, 0.717) is 5.56 Å². The molecule has 0 fully saturated rings. The van der Waals surface area contributed by atoms with Gasteiger partial charge in [0.2, 0.25) is 0 Å². The smallest absolute Gasteiger partial charge is 0.269 e. The van der Waals surface area contributed by atoms with Crippen LogP contribution in [-0.2, 0) is 0 Å². The third-order valence-electron chi connectivity index (χ3n) is 1.48. The molecule has 4 heteroatoms. The molecule has 1 aromatic rings. The number of nitro benzene ring substituents is 1. The van der Waals surface area contributed by atoms with Crippen LogP contribution < -0.4 is 0 Å². The van der Waals surface area contributed by atoms with Crippen LogP contribution in [0.4, 0.5) is 5.69 Å². The average molecular weight is 225 g/mol. The van der Waals surface area contributed by atoms with Gasteiger partial charge in [-0.15, -0.1) is 0 Å². The maximum absolute atomic E-state index is 10.8. The van der Waals surface area contributed by atoms with Crippen molar-refractivity contribution in [2.24, 2.45) is 0 Å². The largest absolute Gasteiger partial charge is 0.295 e. The highest BCUT2D eigenvalue weighted by molar-refractivity contribution is 5.94. The van der Waals surface area contributed by atoms with Crippen LogP contribution in [0.1, 0.15) is 45.0 Å². The van der Waals surface area contributed by atoms with E-state index in [0.717, 1.165) is 0 Å². The molecule has 0 unspecified atom stereocenters. The lowest BCUT2D eigenvalue weighted by atomic mass is 10.1. The molecule has 0 heterocycles. The molecule has 0 aliphatic rings. The number of nitrogens with zero attached hydrogens (tertiary/aromatic N) is 1. The monoisotopic (exact) mass is 225 g/mol. The van der Waals surface area contributed by atoms with Crippen LogP contribution >= 0.6 is 0 Å². The maximum Gasteiger partial charge on any atom is 0.269 e. The van der Waals surface area contributed by atoms with Crippen molar-refractivity contribution in [1.82, 2.24) is 0 Å². The molecule has 0 aliphatic carbocycles. The van der Waals surface area contributed by atoms with Gasteiger partial charge in [0.1, 0.15) is 0 Å². The first-order valence-corrected chi connectivity index (χ1v) is 5.36. The zero-order valence-electron chi connectivity index (χ0n) is 10.5. The standard InChI is InChI=1S/C8H7NO3.2C2H6/c1-6(10)7-2-4-8(5-3-7)9(11)12;2*1-2/h2-5H,1H3;2*1-2H3. The van der Waals surface area contributed by atoms with Crippen molar-refractivity contribution < 1.29 is 9.72 Å². The predicted molar refractivity (Wildman–Crippen MR) is 65.8 cm³/mol. The topological polar surface area (TPSA) is 60.2 Å². The van der Waals surface area contributed by atoms with Crippen molar-refractivity contribution in [3.63, 3.8) is 0 Å². The minimum atomic E-state index is -0.496. The van der Waals surface area contributed by atoms with Gasteiger partial charge < -0.3 is 0 Å². The molecule has 0 atom stereocenters. The third-order valence-corrected chi connectivity index (χ3v) is 1.48. The lowest BCUT2D eigenvalue weighted by Crippen LogP contribution is -1.92. The summed E-state index contributed by atoms with van der Waals surface area (Å²) in [6, 6.07) is 5.52. The summed E-state index contributed by atoms with van der Waals surface area (Å²) in [6.45, 7) is 9.42. The number of non-ortho nitro benzene ring substituents is 1. The molecule has 0 spiro atoms. The van der Waals surface area contributed by atoms with Crippen LogP contribution in [0.3, 0.4) is 0 Å². The van der Waals surface area contributed by atoms with E-state index in [2.05, 4.69) is 0 Å². The summed E-state index contributed by atoms with van der Waals surface area (Å²) in [5.74, 6) is -0.0927. The average Bonchev–Trinajstić information content (AvgIpc) is 2.34. The van der Waals surface area contributed by atoms with Crippen molar-refractivity contribution in [2.75, 3.05) is 0 Å². The summed E-state index contributed by atoms with van der Waals surface area (Å²) in [5, 5.41) is 10.2. The van der Waals surface area contributed by atoms with Crippen molar-refractivity contribution >= 4 is 11.5 Å². The maximum atomic E-state index is 10.8. The summed E-state index contributed by atoms with van der Waals surface area (Å²) < 4.78 is 0. The fourth-order valence-electron chi connectivity index (χ4n) is 0.818. The minimum Gasteiger partial charge on any atom is -0.295 e. The number of benzene rings is 1. The van der Waals surface area contributed by atoms with Crippen LogP contribution in [0.15, 0.2) is 24.3 Å². The van der Waals surface area contributed by atoms with E-state index in [4.69, 9.17) is 0 Å². The van der Waals surface area contributed by atoms with E-state index >= 15 is 0 Å². The summed E-state index contributed by atoms with van der Waals surface area (Å²) in [5.41, 5.74) is 0.487. The van der Waals surface area contributed by atoms with E-state index in [1.807, 2.05) is 27.7 Å². The highest BCUT2D eigenvalue weighted by atomic mass is 16.6. The van der Waals surface area contributed by atoms with Crippen LogP contribution in [0.5, 0.6) is 0 Å². The van der Waals surface area contributed by atoms with E-state index in [9.17, 15) is 14.9 Å². The van der Waals surface area contributed by atoms with Crippen LogP contribution in [-0.4, -0.2) is 10.7 Å². The zero-order chi connectivity index (χ0) is 13.1. The van der Waals surface area contributed by atoms with E-state index in [1.54, 1.807) is 0 Å². The highest BCUT2D eigenvalue weighted by Crippen LogP contribution is 2.11. The molecule has 4 nitrogen and oxygen atoms in total. The number of carbonyl (C=O) groups is 1. The summed E-state index contributed by atoms with van der Waals surface area (Å²) in [6.07, 6.45) is 0. The SMILES string of the molecule is CC.CC.CC(=O)c1ccc([N+](=O)[O-])cc1. The van der Waals surface area contributed by atoms with Crippen LogP contribution in [0.2, 0.25) is 0 Å². The molecule has 90 valence electrons. The molecule has 0 bridgehead atoms. The number of hydrogen-bond donors (Lipinski definition) is 0. The first-order valence-electron chi connectivity index (χ1n) is 5.36. The van der Waals surface area contributed by atoms with Gasteiger partial charge in [-0.1, -0.05) is 27.7 Å². The molecular formula is C12H19NO3. The number of ketones is 1. The van der Waals surface area contributed by atoms with Gasteiger partial charge in [0.15, 0.2) is 5.78 Å². The van der Waals surface area contributed by atoms with Gasteiger partial charge in [-0.3, -0.25) is 14.9 Å². The summed E-state index contributed by atoms with van der Waals surface area (Å²) in [4.78, 5) is 20.5. The van der Waals surface area contributed by atoms with E-state index in [1.165, 1.54) is 31.2 Å². The van der Waals surface area contributed by atoms with Crippen LogP contribution in [0, 0.1) is 10.1 Å². The van der Waals surface area contributed by atoms with Gasteiger partial charge in [0.25, 0.3) is 5.69 Å². The molecule has 0 aliphatic heterocycles. The Kier molecular flexibility index (Phi) is 10.3. The quantitative estimate of drug-likeness (QED) is 0.436. The Morgan fingerprint density at radius 2 is 1.44 bits per heavy atom. The Labute approximate surface area is 96.4 Å². The van der Waals surface area contributed by atoms with Gasteiger partial charge in [-0.05, 0) is 19.1 Å². The van der Waals surface area contributed by atoms with Gasteiger partial charge >= 0.3 is 0 Å². The second-order valence-electron chi connectivity index (χ2n) is 2.36. The van der Waals surface area contributed by atoms with Crippen LogP contribution in [0.25, 0.3) is 0 Å². The Balaban J connectivity index is 0. The highest BCUT2D eigenvalue weighted by Gasteiger charge is 2.05. The predicted octanol–water partition coefficient (Wildman–Crippen LogP) is 3.85. The number of rotatable bonds is 2. The molecule has 1 aromatic carbocycles. The molecule has 0 amide bonds. The first kappa shape index (κ1) is 16.7. The molecular weight excluding hydrogens is 206 g/mol. The van der Waals surface area contributed by atoms with Crippen molar-refractivity contribution in [1.29, 1.82) is 0 Å². The van der Waals surface area contributed by atoms with Crippen molar-refractivity contribution in [3.05, 3.63) is 39.9 Å². The number of carbonyl (C=O) groups excluding carboxylic acids is 1. The summed E-state index contributed by atoms with van der Waals surface area (Å²) in [7, 11) is 0. The molecule has 0 N–H and O–H groups in total. The Hall–Kier alpha value is -1.71.